The summed E-state index contributed by atoms with van der Waals surface area (Å²) in [6.07, 6.45) is 3.74. The Labute approximate surface area is 538 Å². The molecule has 12 atom stereocenters. The number of hydrogen-bond acceptors (Lipinski definition) is 15. The number of ether oxygens (including phenoxy) is 2. The number of esters is 2. The Kier molecular flexibility index (Phi) is 36.6. The van der Waals surface area contributed by atoms with E-state index in [9.17, 15) is 43.2 Å². The Morgan fingerprint density at radius 2 is 0.922 bits per heavy atom. The molecule has 5 N–H and O–H groups in total. The molecule has 0 aliphatic rings. The molecule has 0 radical (unpaired) electrons. The molecule has 0 saturated heterocycles. The van der Waals surface area contributed by atoms with Crippen molar-refractivity contribution >= 4 is 71.0 Å². The number of methoxy groups -OCH3 is 1. The van der Waals surface area contributed by atoms with E-state index in [1.165, 1.54) is 89.8 Å². The van der Waals surface area contributed by atoms with Gasteiger partial charge >= 0.3 is 11.9 Å². The molecule has 0 aliphatic carbocycles. The molecule has 516 valence electrons. The van der Waals surface area contributed by atoms with E-state index in [-0.39, 0.29) is 61.2 Å². The Hall–Kier alpha value is -6.66. The third-order valence-electron chi connectivity index (χ3n) is 16.1. The van der Waals surface area contributed by atoms with Gasteiger partial charge in [-0.3, -0.25) is 57.5 Å². The van der Waals surface area contributed by atoms with Crippen molar-refractivity contribution in [1.82, 2.24) is 56.0 Å². The van der Waals surface area contributed by atoms with Gasteiger partial charge in [-0.2, -0.15) is 0 Å². The molecule has 25 heteroatoms. The SMILES string of the molecule is C/C=C/C[C@@H](C)[C@@H](OC(C)=O)C(C(=O)N[C@@H](CC)C(=O)N(C)CC(=O)OC)N(C)C(=O)[C@H](C(C)C)N(C)C(=O)[C@@H](CC(C)C)N(C)C(=O)[C@H](CC(C)C)N(C)C(=O)C(C)NC(=O)C(C)NC(=O)[C@H](CC(C)C)N(C)C(=O)[C@H](NC(=O)C(CC(C)C)NC)C(C)C. The minimum atomic E-state index is -1.56. The van der Waals surface area contributed by atoms with Gasteiger partial charge in [-0.05, 0) is 108 Å². The van der Waals surface area contributed by atoms with E-state index in [4.69, 9.17) is 9.47 Å². The van der Waals surface area contributed by atoms with E-state index in [0.29, 0.717) is 12.8 Å². The quantitative estimate of drug-likeness (QED) is 0.0434. The van der Waals surface area contributed by atoms with Crippen LogP contribution in [0.15, 0.2) is 12.2 Å². The van der Waals surface area contributed by atoms with Crippen LogP contribution in [0.3, 0.4) is 0 Å². The summed E-state index contributed by atoms with van der Waals surface area (Å²) < 4.78 is 10.6. The van der Waals surface area contributed by atoms with E-state index in [2.05, 4.69) is 26.6 Å². The highest BCUT2D eigenvalue weighted by Gasteiger charge is 2.46. The first-order valence-electron chi connectivity index (χ1n) is 31.9. The second kappa shape index (κ2) is 39.6. The third-order valence-corrected chi connectivity index (χ3v) is 16.1. The fraction of sp³-hybridized carbons (Fsp3) is 0.785. The number of hydrogen-bond donors (Lipinski definition) is 5. The monoisotopic (exact) mass is 1280 g/mol. The molecule has 0 rings (SSSR count). The molecule has 10 amide bonds. The molecule has 4 unspecified atom stereocenters. The maximum atomic E-state index is 15.2. The van der Waals surface area contributed by atoms with E-state index in [1.54, 1.807) is 61.6 Å². The summed E-state index contributed by atoms with van der Waals surface area (Å²) in [5.41, 5.74) is 0. The molecule has 25 nitrogen and oxygen atoms in total. The minimum absolute atomic E-state index is 0.0684. The number of carbonyl (C=O) groups excluding carboxylic acids is 12. The summed E-state index contributed by atoms with van der Waals surface area (Å²) in [5.74, 6) is -9.41. The van der Waals surface area contributed by atoms with Gasteiger partial charge in [0.1, 0.15) is 67.0 Å². The van der Waals surface area contributed by atoms with Crippen molar-refractivity contribution in [1.29, 1.82) is 0 Å². The Balaban J connectivity index is 7.17. The molecule has 0 bridgehead atoms. The number of rotatable bonds is 38. The summed E-state index contributed by atoms with van der Waals surface area (Å²) in [6, 6.07) is -11.4. The molecule has 0 fully saturated rings. The van der Waals surface area contributed by atoms with Crippen molar-refractivity contribution in [2.24, 2.45) is 41.4 Å². The van der Waals surface area contributed by atoms with Crippen LogP contribution in [-0.2, 0) is 67.0 Å². The van der Waals surface area contributed by atoms with Crippen molar-refractivity contribution in [3.8, 4) is 0 Å². The predicted octanol–water partition coefficient (Wildman–Crippen LogP) is 3.76. The fourth-order valence-electron chi connectivity index (χ4n) is 10.7. The van der Waals surface area contributed by atoms with Crippen LogP contribution in [0.5, 0.6) is 0 Å². The van der Waals surface area contributed by atoms with Crippen LogP contribution in [0.25, 0.3) is 0 Å². The molecular weight excluding hydrogens is 1160 g/mol. The van der Waals surface area contributed by atoms with Crippen molar-refractivity contribution in [3.05, 3.63) is 12.2 Å². The van der Waals surface area contributed by atoms with Crippen LogP contribution in [0, 0.1) is 41.4 Å². The number of carbonyl (C=O) groups is 12. The Bertz CT molecular complexity index is 2430. The summed E-state index contributed by atoms with van der Waals surface area (Å²) in [6.45, 7) is 31.1. The van der Waals surface area contributed by atoms with Crippen LogP contribution in [-0.4, -0.2) is 230 Å². The lowest BCUT2D eigenvalue weighted by Crippen LogP contribution is -2.64. The van der Waals surface area contributed by atoms with Crippen LogP contribution >= 0.6 is 0 Å². The smallest absolute Gasteiger partial charge is 0.325 e. The average Bonchev–Trinajstić information content (AvgIpc) is 0.992. The molecule has 0 aliphatic heterocycles. The molecule has 0 saturated carbocycles. The molecular formula is C65H117N11O14. The maximum absolute atomic E-state index is 15.2. The predicted molar refractivity (Wildman–Crippen MR) is 346 cm³/mol. The maximum Gasteiger partial charge on any atom is 0.325 e. The van der Waals surface area contributed by atoms with E-state index < -0.39 is 150 Å². The second-order valence-corrected chi connectivity index (χ2v) is 26.6. The molecule has 0 aromatic heterocycles. The summed E-state index contributed by atoms with van der Waals surface area (Å²) >= 11 is 0. The lowest BCUT2D eigenvalue weighted by atomic mass is 9.91. The summed E-state index contributed by atoms with van der Waals surface area (Å²) in [7, 11) is 11.4. The molecule has 90 heavy (non-hydrogen) atoms. The van der Waals surface area contributed by atoms with E-state index >= 15 is 14.4 Å². The van der Waals surface area contributed by atoms with Crippen LogP contribution in [0.2, 0.25) is 0 Å². The number of likely N-dealkylation sites (N-methyl/N-ethyl adjacent to an activating group) is 7. The van der Waals surface area contributed by atoms with Gasteiger partial charge in [0.25, 0.3) is 0 Å². The Morgan fingerprint density at radius 3 is 1.36 bits per heavy atom. The first-order chi connectivity index (χ1) is 41.6. The Morgan fingerprint density at radius 1 is 0.467 bits per heavy atom. The largest absolute Gasteiger partial charge is 0.468 e. The highest BCUT2D eigenvalue weighted by Crippen LogP contribution is 2.27. The average molecular weight is 1280 g/mol. The normalized spacial score (nSPS) is 15.7. The van der Waals surface area contributed by atoms with Crippen molar-refractivity contribution < 1.29 is 67.0 Å². The first-order valence-corrected chi connectivity index (χ1v) is 31.9. The second-order valence-electron chi connectivity index (χ2n) is 26.6. The molecule has 0 spiro atoms. The number of amides is 10. The van der Waals surface area contributed by atoms with Crippen molar-refractivity contribution in [3.63, 3.8) is 0 Å². The minimum Gasteiger partial charge on any atom is -0.468 e. The van der Waals surface area contributed by atoms with E-state index in [0.717, 1.165) is 9.80 Å². The number of allylic oxidation sites excluding steroid dienone is 2. The van der Waals surface area contributed by atoms with Gasteiger partial charge in [0, 0.05) is 49.2 Å². The molecule has 0 heterocycles. The van der Waals surface area contributed by atoms with Gasteiger partial charge in [-0.1, -0.05) is 109 Å². The highest BCUT2D eigenvalue weighted by atomic mass is 16.5. The fourth-order valence-corrected chi connectivity index (χ4v) is 10.7. The van der Waals surface area contributed by atoms with Gasteiger partial charge < -0.3 is 65.5 Å². The van der Waals surface area contributed by atoms with Crippen LogP contribution < -0.4 is 26.6 Å². The zero-order valence-electron chi connectivity index (χ0n) is 59.4. The lowest BCUT2D eigenvalue weighted by molar-refractivity contribution is -0.164. The zero-order valence-corrected chi connectivity index (χ0v) is 59.4. The van der Waals surface area contributed by atoms with Gasteiger partial charge in [0.05, 0.1) is 13.2 Å². The topological polar surface area (TPSA) is 303 Å². The van der Waals surface area contributed by atoms with Gasteiger partial charge in [0.2, 0.25) is 59.1 Å². The number of nitrogens with one attached hydrogen (secondary N) is 5. The molecule has 0 aromatic carbocycles. The van der Waals surface area contributed by atoms with Crippen LogP contribution in [0.4, 0.5) is 0 Å². The van der Waals surface area contributed by atoms with E-state index in [1.807, 2.05) is 61.5 Å². The summed E-state index contributed by atoms with van der Waals surface area (Å²) in [4.78, 5) is 176. The van der Waals surface area contributed by atoms with Gasteiger partial charge in [-0.15, -0.1) is 0 Å². The van der Waals surface area contributed by atoms with Gasteiger partial charge in [0.15, 0.2) is 0 Å². The first kappa shape index (κ1) is 83.3. The summed E-state index contributed by atoms with van der Waals surface area (Å²) in [5, 5.41) is 14.0. The third kappa shape index (κ3) is 25.6. The van der Waals surface area contributed by atoms with Crippen molar-refractivity contribution in [2.45, 2.75) is 230 Å². The number of nitrogens with zero attached hydrogens (tertiary/aromatic N) is 6. The van der Waals surface area contributed by atoms with Gasteiger partial charge in [-0.25, -0.2) is 0 Å². The van der Waals surface area contributed by atoms with Crippen LogP contribution in [0.1, 0.15) is 163 Å². The lowest BCUT2D eigenvalue weighted by Gasteiger charge is -2.42. The molecule has 0 aromatic rings. The zero-order chi connectivity index (χ0) is 70.1. The highest BCUT2D eigenvalue weighted by molar-refractivity contribution is 5.99. The standard InChI is InChI=1S/C65H117N11O14/c1-27-29-30-42(15)55(90-45(18)77)54(59(82)69-46(28-2)61(84)71(20)35-51(78)89-26)76(25)65(88)53(41(13)14)75(24)63(86)50(34-39(9)10)74(23)62(85)49(33-38(7)8)73(22)60(83)44(17)68-56(79)43(16)67-58(81)48(32-37(5)6)72(21)64(87)52(40(11)12)70-57(80)47(66-19)31-36(3)4/h27,29,36-44,46-50,52-55,66H,28,30-35H2,1-26H3,(H,67,81)(H,68,79)(H,69,82)(H,70,80)/b29-27+/t42-,43?,44?,46+,47?,48+,49+,50-,52-,53+,54?,55-/m1/s1. The van der Waals surface area contributed by atoms with Crippen molar-refractivity contribution in [2.75, 3.05) is 63.0 Å².